The molecule has 0 unspecified atom stereocenters. The summed E-state index contributed by atoms with van der Waals surface area (Å²) in [5.74, 6) is 0.924. The third kappa shape index (κ3) is 7.68. The van der Waals surface area contributed by atoms with Gasteiger partial charge in [-0.2, -0.15) is 0 Å². The molecule has 0 fully saturated rings. The van der Waals surface area contributed by atoms with Crippen molar-refractivity contribution in [2.75, 3.05) is 0 Å². The van der Waals surface area contributed by atoms with Crippen molar-refractivity contribution in [2.45, 2.75) is 52.4 Å². The Labute approximate surface area is 384 Å². The second-order valence-electron chi connectivity index (χ2n) is 18.4. The summed E-state index contributed by atoms with van der Waals surface area (Å²) in [4.78, 5) is 10.5. The van der Waals surface area contributed by atoms with E-state index < -0.39 is 0 Å². The van der Waals surface area contributed by atoms with E-state index in [1.165, 1.54) is 0 Å². The van der Waals surface area contributed by atoms with Crippen LogP contribution in [0.25, 0.3) is 94.3 Å². The number of fused-ring (bicyclic) bond motifs is 5. The van der Waals surface area contributed by atoms with Crippen molar-refractivity contribution in [1.82, 2.24) is 14.5 Å². The zero-order valence-corrected chi connectivity index (χ0v) is 38.6. The van der Waals surface area contributed by atoms with E-state index in [1.54, 1.807) is 0 Å². The molecule has 4 nitrogen and oxygen atoms in total. The van der Waals surface area contributed by atoms with Gasteiger partial charge in [0.15, 0.2) is 0 Å². The number of nitrogens with zero attached hydrogens (tertiary/aromatic N) is 3. The Bertz CT molecular complexity index is 3300. The third-order valence-electron chi connectivity index (χ3n) is 12.1. The van der Waals surface area contributed by atoms with Gasteiger partial charge < -0.3 is 5.11 Å². The molecule has 63 heavy (non-hydrogen) atoms. The third-order valence-corrected chi connectivity index (χ3v) is 12.1. The summed E-state index contributed by atoms with van der Waals surface area (Å²) >= 11 is 0. The monoisotopic (exact) mass is 997 g/mol. The Morgan fingerprint density at radius 3 is 1.79 bits per heavy atom. The predicted molar refractivity (Wildman–Crippen MR) is 259 cm³/mol. The molecule has 1 N–H and O–H groups in total. The molecule has 2 aromatic heterocycles. The van der Waals surface area contributed by atoms with Crippen LogP contribution in [0, 0.1) is 6.07 Å². The van der Waals surface area contributed by atoms with Crippen LogP contribution >= 0.6 is 0 Å². The molecule has 0 aliphatic carbocycles. The van der Waals surface area contributed by atoms with E-state index in [1.807, 2.05) is 12.3 Å². The van der Waals surface area contributed by atoms with Crippen LogP contribution in [-0.4, -0.2) is 19.6 Å². The molecule has 312 valence electrons. The average Bonchev–Trinajstić information content (AvgIpc) is 3.68. The smallest absolute Gasteiger partial charge is 0.148 e. The van der Waals surface area contributed by atoms with E-state index in [0.717, 1.165) is 94.0 Å². The van der Waals surface area contributed by atoms with Crippen molar-refractivity contribution in [3.63, 3.8) is 0 Å². The number of hydrogen-bond acceptors (Lipinski definition) is 3. The van der Waals surface area contributed by atoms with E-state index in [9.17, 15) is 5.11 Å². The number of rotatable bonds is 6. The number of phenols is 1. The van der Waals surface area contributed by atoms with E-state index in [2.05, 4.69) is 216 Å². The Morgan fingerprint density at radius 1 is 0.540 bits per heavy atom. The van der Waals surface area contributed by atoms with E-state index in [-0.39, 0.29) is 37.6 Å². The molecular weight excluding hydrogens is 950 g/mol. The van der Waals surface area contributed by atoms with Gasteiger partial charge in [0.2, 0.25) is 0 Å². The number of benzene rings is 8. The molecule has 0 amide bonds. The van der Waals surface area contributed by atoms with Gasteiger partial charge in [-0.3, -0.25) is 9.55 Å². The van der Waals surface area contributed by atoms with Crippen LogP contribution in [0.2, 0.25) is 0 Å². The van der Waals surface area contributed by atoms with Gasteiger partial charge in [0.1, 0.15) is 11.6 Å². The topological polar surface area (TPSA) is 50.9 Å². The van der Waals surface area contributed by atoms with Crippen LogP contribution in [-0.2, 0) is 31.9 Å². The molecule has 8 aromatic carbocycles. The van der Waals surface area contributed by atoms with Gasteiger partial charge in [0.05, 0.1) is 22.3 Å². The molecule has 10 rings (SSSR count). The Kier molecular flexibility index (Phi) is 10.8. The maximum absolute atomic E-state index is 12.5. The molecule has 0 aliphatic rings. The molecule has 0 aliphatic heterocycles. The maximum Gasteiger partial charge on any atom is 0.148 e. The van der Waals surface area contributed by atoms with Crippen LogP contribution in [0.1, 0.15) is 52.7 Å². The van der Waals surface area contributed by atoms with Crippen molar-refractivity contribution in [3.05, 3.63) is 193 Å². The number of phenolic OH excluding ortho intramolecular Hbond substituents is 1. The number of hydrogen-bond donors (Lipinski definition) is 1. The summed E-state index contributed by atoms with van der Waals surface area (Å²) < 4.78 is 2.27. The number of aromatic nitrogens is 3. The Morgan fingerprint density at radius 2 is 1.14 bits per heavy atom. The summed E-state index contributed by atoms with van der Waals surface area (Å²) in [7, 11) is 0. The first kappa shape index (κ1) is 41.7. The fourth-order valence-corrected chi connectivity index (χ4v) is 8.75. The first-order chi connectivity index (χ1) is 29.9. The molecule has 0 bridgehead atoms. The molecular formula is C58H48N3OPt-. The SMILES string of the molecule is CC(C)(C)c1cc(-c2nc3c4c(ccc5ccc(-c6cc(-c7ccccc7)ccn6)[c-]c54)ccc3n2-c2ccc(-c3ccccc3)cc2-c2ccccc2)c(O)c(C(C)(C)C)c1.[Pt]. The standard InChI is InChI=1S/C58H48N3O.Pt/c1-57(2,3)45-35-48(55(62)49(36-45)58(4,5)6)56-60-54-52(61(56)51-28-27-42(37-16-10-7-11-17-37)32-46(51)39-20-14-9-15-21-39)29-26-41-24-22-40-23-25-44(33-47(40)53(41)54)50-34-43(30-31-59-50)38-18-12-8-13-19-38;/h7-32,34-36,62H,1-6H3;/q-1;. The minimum atomic E-state index is -0.330. The molecule has 0 saturated carbocycles. The molecule has 2 heterocycles. The first-order valence-electron chi connectivity index (χ1n) is 21.4. The van der Waals surface area contributed by atoms with Crippen molar-refractivity contribution < 1.29 is 26.2 Å². The average molecular weight is 998 g/mol. The molecule has 0 radical (unpaired) electrons. The zero-order valence-electron chi connectivity index (χ0n) is 36.3. The van der Waals surface area contributed by atoms with Crippen LogP contribution in [0.5, 0.6) is 5.75 Å². The molecule has 0 spiro atoms. The summed E-state index contributed by atoms with van der Waals surface area (Å²) in [6.07, 6.45) is 1.88. The molecule has 0 saturated heterocycles. The van der Waals surface area contributed by atoms with Crippen molar-refractivity contribution >= 4 is 32.6 Å². The van der Waals surface area contributed by atoms with Gasteiger partial charge in [-0.15, -0.1) is 23.6 Å². The van der Waals surface area contributed by atoms with Gasteiger partial charge in [-0.1, -0.05) is 180 Å². The van der Waals surface area contributed by atoms with Gasteiger partial charge in [0, 0.05) is 44.1 Å². The molecule has 0 atom stereocenters. The molecule has 5 heteroatoms. The van der Waals surface area contributed by atoms with E-state index in [4.69, 9.17) is 9.97 Å². The van der Waals surface area contributed by atoms with E-state index in [0.29, 0.717) is 11.4 Å². The Balaban J connectivity index is 0.00000504. The fraction of sp³-hybridized carbons (Fsp3) is 0.138. The summed E-state index contributed by atoms with van der Waals surface area (Å²) in [5, 5.41) is 16.6. The number of aromatic hydroxyl groups is 1. The van der Waals surface area contributed by atoms with Gasteiger partial charge in [-0.05, 0) is 85.3 Å². The second-order valence-corrected chi connectivity index (χ2v) is 18.4. The molecule has 10 aromatic rings. The quantitative estimate of drug-likeness (QED) is 0.133. The van der Waals surface area contributed by atoms with Crippen LogP contribution in [0.4, 0.5) is 0 Å². The van der Waals surface area contributed by atoms with Crippen molar-refractivity contribution in [2.24, 2.45) is 0 Å². The predicted octanol–water partition coefficient (Wildman–Crippen LogP) is 15.2. The fourth-order valence-electron chi connectivity index (χ4n) is 8.75. The van der Waals surface area contributed by atoms with Gasteiger partial charge >= 0.3 is 0 Å². The Hall–Kier alpha value is -6.61. The number of imidazole rings is 1. The summed E-state index contributed by atoms with van der Waals surface area (Å²) in [5.41, 5.74) is 13.4. The van der Waals surface area contributed by atoms with Crippen molar-refractivity contribution in [1.29, 1.82) is 0 Å². The second kappa shape index (κ2) is 16.3. The largest absolute Gasteiger partial charge is 0.507 e. The van der Waals surface area contributed by atoms with Crippen LogP contribution in [0.3, 0.4) is 0 Å². The maximum atomic E-state index is 12.5. The number of pyridine rings is 1. The minimum Gasteiger partial charge on any atom is -0.507 e. The normalized spacial score (nSPS) is 11.9. The minimum absolute atomic E-state index is 0. The van der Waals surface area contributed by atoms with Crippen molar-refractivity contribution in [3.8, 4) is 67.5 Å². The van der Waals surface area contributed by atoms with E-state index >= 15 is 0 Å². The van der Waals surface area contributed by atoms with Gasteiger partial charge in [-0.25, -0.2) is 4.98 Å². The zero-order chi connectivity index (χ0) is 42.8. The van der Waals surface area contributed by atoms with Crippen LogP contribution in [0.15, 0.2) is 176 Å². The summed E-state index contributed by atoms with van der Waals surface area (Å²) in [6.45, 7) is 13.2. The first-order valence-corrected chi connectivity index (χ1v) is 21.4. The van der Waals surface area contributed by atoms with Crippen LogP contribution < -0.4 is 0 Å². The van der Waals surface area contributed by atoms with Gasteiger partial charge in [0.25, 0.3) is 0 Å². The summed E-state index contributed by atoms with van der Waals surface area (Å²) in [6, 6.07) is 63.6.